The zero-order valence-corrected chi connectivity index (χ0v) is 11.5. The second kappa shape index (κ2) is 5.91. The van der Waals surface area contributed by atoms with Gasteiger partial charge in [0.1, 0.15) is 0 Å². The van der Waals surface area contributed by atoms with Crippen LogP contribution in [-0.4, -0.2) is 11.9 Å². The van der Waals surface area contributed by atoms with Gasteiger partial charge >= 0.3 is 0 Å². The molecule has 0 aromatic heterocycles. The minimum absolute atomic E-state index is 0.0472. The number of carbonyl (C=O) groups is 1. The third-order valence-corrected chi connectivity index (χ3v) is 3.61. The van der Waals surface area contributed by atoms with Crippen molar-refractivity contribution in [2.24, 2.45) is 0 Å². The highest BCUT2D eigenvalue weighted by atomic mass is 16.1. The zero-order valence-electron chi connectivity index (χ0n) is 11.5. The first-order valence-corrected chi connectivity index (χ1v) is 7.26. The summed E-state index contributed by atoms with van der Waals surface area (Å²) >= 11 is 0. The highest BCUT2D eigenvalue weighted by Gasteiger charge is 2.21. The van der Waals surface area contributed by atoms with Crippen LogP contribution in [0.2, 0.25) is 0 Å². The lowest BCUT2D eigenvalue weighted by atomic mass is 10.0. The van der Waals surface area contributed by atoms with Crippen LogP contribution < -0.4 is 5.32 Å². The topological polar surface area (TPSA) is 29.1 Å². The van der Waals surface area contributed by atoms with E-state index >= 15 is 0 Å². The minimum atomic E-state index is 0.0472. The maximum Gasteiger partial charge on any atom is 0.243 e. The maximum atomic E-state index is 11.5. The number of allylic oxidation sites excluding steroid dienone is 1. The Hall–Kier alpha value is -2.09. The molecule has 2 aromatic carbocycles. The molecule has 0 unspecified atom stereocenters. The van der Waals surface area contributed by atoms with E-state index in [2.05, 4.69) is 47.8 Å². The zero-order chi connectivity index (χ0) is 13.8. The summed E-state index contributed by atoms with van der Waals surface area (Å²) in [6.07, 6.45) is 7.77. The molecule has 2 nitrogen and oxygen atoms in total. The van der Waals surface area contributed by atoms with Gasteiger partial charge in [-0.3, -0.25) is 4.79 Å². The van der Waals surface area contributed by atoms with Gasteiger partial charge in [0, 0.05) is 6.04 Å². The first-order valence-electron chi connectivity index (χ1n) is 7.26. The molecule has 0 radical (unpaired) electrons. The van der Waals surface area contributed by atoms with Crippen molar-refractivity contribution in [2.75, 3.05) is 0 Å². The summed E-state index contributed by atoms with van der Waals surface area (Å²) in [7, 11) is 0. The van der Waals surface area contributed by atoms with Crippen molar-refractivity contribution >= 4 is 16.7 Å². The maximum absolute atomic E-state index is 11.5. The number of fused-ring (bicyclic) bond motifs is 1. The molecule has 0 aliphatic heterocycles. The van der Waals surface area contributed by atoms with Crippen LogP contribution in [0.15, 0.2) is 54.6 Å². The van der Waals surface area contributed by atoms with E-state index in [9.17, 15) is 4.79 Å². The van der Waals surface area contributed by atoms with Crippen molar-refractivity contribution in [1.82, 2.24) is 5.32 Å². The van der Waals surface area contributed by atoms with Crippen LogP contribution in [0.1, 0.15) is 24.8 Å². The Balaban J connectivity index is 1.53. The summed E-state index contributed by atoms with van der Waals surface area (Å²) in [4.78, 5) is 11.5. The molecule has 20 heavy (non-hydrogen) atoms. The molecule has 0 bridgehead atoms. The SMILES string of the molecule is O=C(C=CCCc1ccc2ccccc2c1)NC1CC1. The highest BCUT2D eigenvalue weighted by Crippen LogP contribution is 2.18. The number of aryl methyl sites for hydroxylation is 1. The molecule has 1 saturated carbocycles. The number of nitrogens with one attached hydrogen (secondary N) is 1. The van der Waals surface area contributed by atoms with Crippen LogP contribution in [0.25, 0.3) is 10.8 Å². The van der Waals surface area contributed by atoms with E-state index in [1.807, 2.05) is 6.08 Å². The predicted octanol–water partition coefficient (Wildman–Crippen LogP) is 3.61. The Morgan fingerprint density at radius 3 is 2.75 bits per heavy atom. The van der Waals surface area contributed by atoms with Crippen molar-refractivity contribution in [3.63, 3.8) is 0 Å². The Morgan fingerprint density at radius 2 is 1.95 bits per heavy atom. The fourth-order valence-corrected chi connectivity index (χ4v) is 2.31. The van der Waals surface area contributed by atoms with E-state index in [1.54, 1.807) is 6.08 Å². The Morgan fingerprint density at radius 1 is 1.15 bits per heavy atom. The Kier molecular flexibility index (Phi) is 3.82. The number of hydrogen-bond donors (Lipinski definition) is 1. The van der Waals surface area contributed by atoms with Crippen molar-refractivity contribution in [3.05, 3.63) is 60.2 Å². The molecule has 2 aromatic rings. The van der Waals surface area contributed by atoms with Crippen molar-refractivity contribution < 1.29 is 4.79 Å². The molecular formula is C18H19NO. The van der Waals surface area contributed by atoms with E-state index in [1.165, 1.54) is 16.3 Å². The van der Waals surface area contributed by atoms with Gasteiger partial charge in [-0.05, 0) is 48.1 Å². The first kappa shape index (κ1) is 12.9. The van der Waals surface area contributed by atoms with Gasteiger partial charge in [0.2, 0.25) is 5.91 Å². The van der Waals surface area contributed by atoms with E-state index in [0.29, 0.717) is 6.04 Å². The van der Waals surface area contributed by atoms with Crippen molar-refractivity contribution in [2.45, 2.75) is 31.7 Å². The fraction of sp³-hybridized carbons (Fsp3) is 0.278. The fourth-order valence-electron chi connectivity index (χ4n) is 2.31. The lowest BCUT2D eigenvalue weighted by Gasteiger charge is -2.02. The van der Waals surface area contributed by atoms with Crippen LogP contribution >= 0.6 is 0 Å². The van der Waals surface area contributed by atoms with Crippen LogP contribution in [0.3, 0.4) is 0 Å². The molecule has 1 aliphatic carbocycles. The second-order valence-electron chi connectivity index (χ2n) is 5.41. The number of hydrogen-bond acceptors (Lipinski definition) is 1. The van der Waals surface area contributed by atoms with Gasteiger partial charge in [0.15, 0.2) is 0 Å². The Bertz CT molecular complexity index is 641. The highest BCUT2D eigenvalue weighted by molar-refractivity contribution is 5.87. The van der Waals surface area contributed by atoms with E-state index in [0.717, 1.165) is 25.7 Å². The molecular weight excluding hydrogens is 246 g/mol. The van der Waals surface area contributed by atoms with Crippen LogP contribution in [-0.2, 0) is 11.2 Å². The quantitative estimate of drug-likeness (QED) is 0.822. The van der Waals surface area contributed by atoms with Crippen molar-refractivity contribution in [3.8, 4) is 0 Å². The molecule has 0 saturated heterocycles. The monoisotopic (exact) mass is 265 g/mol. The van der Waals surface area contributed by atoms with Gasteiger partial charge in [0.25, 0.3) is 0 Å². The summed E-state index contributed by atoms with van der Waals surface area (Å²) in [5.41, 5.74) is 1.32. The number of carbonyl (C=O) groups excluding carboxylic acids is 1. The second-order valence-corrected chi connectivity index (χ2v) is 5.41. The molecule has 0 atom stereocenters. The summed E-state index contributed by atoms with van der Waals surface area (Å²) in [5.74, 6) is 0.0472. The summed E-state index contributed by atoms with van der Waals surface area (Å²) in [6.45, 7) is 0. The summed E-state index contributed by atoms with van der Waals surface area (Å²) in [5, 5.41) is 5.50. The van der Waals surface area contributed by atoms with Crippen LogP contribution in [0.5, 0.6) is 0 Å². The lowest BCUT2D eigenvalue weighted by molar-refractivity contribution is -0.116. The number of rotatable bonds is 5. The third-order valence-electron chi connectivity index (χ3n) is 3.61. The normalized spacial score (nSPS) is 14.8. The van der Waals surface area contributed by atoms with Gasteiger partial charge in [-0.15, -0.1) is 0 Å². The summed E-state index contributed by atoms with van der Waals surface area (Å²) in [6, 6.07) is 15.4. The third kappa shape index (κ3) is 3.47. The molecule has 1 aliphatic rings. The molecule has 0 heterocycles. The van der Waals surface area contributed by atoms with E-state index in [-0.39, 0.29) is 5.91 Å². The van der Waals surface area contributed by atoms with Gasteiger partial charge in [-0.1, -0.05) is 48.5 Å². The average Bonchev–Trinajstić information content (AvgIpc) is 3.27. The summed E-state index contributed by atoms with van der Waals surface area (Å²) < 4.78 is 0. The molecule has 1 fully saturated rings. The lowest BCUT2D eigenvalue weighted by Crippen LogP contribution is -2.22. The smallest absolute Gasteiger partial charge is 0.243 e. The molecule has 3 rings (SSSR count). The minimum Gasteiger partial charge on any atom is -0.350 e. The van der Waals surface area contributed by atoms with Crippen LogP contribution in [0, 0.1) is 0 Å². The van der Waals surface area contributed by atoms with E-state index in [4.69, 9.17) is 0 Å². The number of benzene rings is 2. The molecule has 2 heteroatoms. The molecule has 102 valence electrons. The van der Waals surface area contributed by atoms with Gasteiger partial charge in [-0.2, -0.15) is 0 Å². The first-order chi connectivity index (χ1) is 9.81. The molecule has 1 N–H and O–H groups in total. The molecule has 1 amide bonds. The number of amides is 1. The van der Waals surface area contributed by atoms with Crippen LogP contribution in [0.4, 0.5) is 0 Å². The van der Waals surface area contributed by atoms with Crippen molar-refractivity contribution in [1.29, 1.82) is 0 Å². The van der Waals surface area contributed by atoms with Gasteiger partial charge in [0.05, 0.1) is 0 Å². The standard InChI is InChI=1S/C18H19NO/c20-18(19-17-11-12-17)8-4-1-5-14-9-10-15-6-2-3-7-16(15)13-14/h2-4,6-10,13,17H,1,5,11-12H2,(H,19,20). The largest absolute Gasteiger partial charge is 0.350 e. The predicted molar refractivity (Wildman–Crippen MR) is 82.6 cm³/mol. The van der Waals surface area contributed by atoms with E-state index < -0.39 is 0 Å². The average molecular weight is 265 g/mol. The van der Waals surface area contributed by atoms with Gasteiger partial charge < -0.3 is 5.32 Å². The van der Waals surface area contributed by atoms with Gasteiger partial charge in [-0.25, -0.2) is 0 Å². The molecule has 0 spiro atoms. The Labute approximate surface area is 119 Å².